The first kappa shape index (κ1) is 24.0. The minimum atomic E-state index is -4.34. The summed E-state index contributed by atoms with van der Waals surface area (Å²) < 4.78 is 33.0. The molecule has 4 heterocycles. The maximum absolute atomic E-state index is 12.8. The second kappa shape index (κ2) is 9.64. The van der Waals surface area contributed by atoms with Gasteiger partial charge in [0, 0.05) is 11.0 Å². The Morgan fingerprint density at radius 2 is 2.18 bits per heavy atom. The van der Waals surface area contributed by atoms with Crippen molar-refractivity contribution in [2.75, 3.05) is 11.5 Å². The van der Waals surface area contributed by atoms with Gasteiger partial charge in [0.05, 0.1) is 5.75 Å². The summed E-state index contributed by atoms with van der Waals surface area (Å²) in [5.74, 6) is -3.06. The highest BCUT2D eigenvalue weighted by molar-refractivity contribution is 8.01. The van der Waals surface area contributed by atoms with Gasteiger partial charge in [0.15, 0.2) is 0 Å². The number of aromatic nitrogens is 8. The van der Waals surface area contributed by atoms with E-state index in [2.05, 4.69) is 41.5 Å². The zero-order valence-corrected chi connectivity index (χ0v) is 19.3. The van der Waals surface area contributed by atoms with E-state index in [1.165, 1.54) is 22.8 Å². The third-order valence-corrected chi connectivity index (χ3v) is 8.08. The van der Waals surface area contributed by atoms with Crippen LogP contribution in [0, 0.1) is 0 Å². The summed E-state index contributed by atoms with van der Waals surface area (Å²) in [5, 5.41) is 34.7. The van der Waals surface area contributed by atoms with Gasteiger partial charge in [0.1, 0.15) is 30.0 Å². The van der Waals surface area contributed by atoms with Crippen molar-refractivity contribution < 1.29 is 32.5 Å². The topological polar surface area (TPSA) is 239 Å². The predicted molar refractivity (Wildman–Crippen MR) is 112 cm³/mol. The molecule has 2 aromatic rings. The highest BCUT2D eigenvalue weighted by atomic mass is 32.2. The van der Waals surface area contributed by atoms with E-state index in [0.29, 0.717) is 0 Å². The number of rotatable bonds is 10. The Kier molecular flexibility index (Phi) is 6.81. The van der Waals surface area contributed by atoms with E-state index in [4.69, 9.17) is 0 Å². The number of fused-ring (bicyclic) bond motifs is 1. The summed E-state index contributed by atoms with van der Waals surface area (Å²) in [4.78, 5) is 38.3. The third kappa shape index (κ3) is 5.18. The fraction of sp³-hybridized carbons (Fsp3) is 0.500. The Balaban J connectivity index is 1.55. The van der Waals surface area contributed by atoms with Gasteiger partial charge >= 0.3 is 5.97 Å². The number of aromatic amines is 1. The lowest BCUT2D eigenvalue weighted by atomic mass is 10.0. The van der Waals surface area contributed by atoms with Gasteiger partial charge in [-0.3, -0.25) is 19.0 Å². The molecule has 2 aliphatic rings. The maximum atomic E-state index is 12.8. The minimum absolute atomic E-state index is 0.125. The Bertz CT molecular complexity index is 1220. The zero-order chi connectivity index (χ0) is 24.5. The highest BCUT2D eigenvalue weighted by Crippen LogP contribution is 2.44. The van der Waals surface area contributed by atoms with Crippen molar-refractivity contribution in [2.24, 2.45) is 0 Å². The lowest BCUT2D eigenvalue weighted by molar-refractivity contribution is -0.150. The number of hydrogen-bond donors (Lipinski definition) is 4. The average molecular weight is 533 g/mol. The summed E-state index contributed by atoms with van der Waals surface area (Å²) in [7, 11) is -4.34. The summed E-state index contributed by atoms with van der Waals surface area (Å²) in [6.45, 7) is -0.222. The summed E-state index contributed by atoms with van der Waals surface area (Å²) >= 11 is 2.19. The number of carboxylic acid groups (broad SMARTS) is 1. The third-order valence-electron chi connectivity index (χ3n) is 4.82. The van der Waals surface area contributed by atoms with Crippen LogP contribution in [0.15, 0.2) is 22.8 Å². The van der Waals surface area contributed by atoms with E-state index < -0.39 is 50.3 Å². The van der Waals surface area contributed by atoms with E-state index in [-0.39, 0.29) is 35.1 Å². The minimum Gasteiger partial charge on any atom is -0.477 e. The lowest BCUT2D eigenvalue weighted by Gasteiger charge is -2.50. The van der Waals surface area contributed by atoms with Crippen LogP contribution in [0.5, 0.6) is 0 Å². The molecule has 182 valence electrons. The van der Waals surface area contributed by atoms with Crippen LogP contribution in [-0.2, 0) is 31.0 Å². The van der Waals surface area contributed by atoms with Crippen LogP contribution in [0.3, 0.4) is 0 Å². The van der Waals surface area contributed by atoms with Crippen molar-refractivity contribution >= 4 is 51.4 Å². The fourth-order valence-electron chi connectivity index (χ4n) is 3.40. The molecule has 0 bridgehead atoms. The summed E-state index contributed by atoms with van der Waals surface area (Å²) in [6.07, 6.45) is 1.07. The molecule has 2 aliphatic heterocycles. The molecule has 20 heteroatoms. The molecule has 17 nitrogen and oxygen atoms in total. The first-order chi connectivity index (χ1) is 16.1. The van der Waals surface area contributed by atoms with Crippen molar-refractivity contribution in [1.29, 1.82) is 0 Å². The molecule has 3 atom stereocenters. The molecule has 34 heavy (non-hydrogen) atoms. The summed E-state index contributed by atoms with van der Waals surface area (Å²) in [5.41, 5.74) is -0.0364. The molecular formula is C14H16N10O7S3. The Morgan fingerprint density at radius 3 is 2.79 bits per heavy atom. The number of nitrogens with zero attached hydrogens (tertiary/aromatic N) is 8. The normalized spacial score (nSPS) is 21.1. The number of hydrogen-bond acceptors (Lipinski definition) is 13. The number of thioether (sulfide) groups is 2. The molecule has 2 amide bonds. The van der Waals surface area contributed by atoms with E-state index in [1.807, 2.05) is 0 Å². The quantitative estimate of drug-likeness (QED) is 0.139. The lowest BCUT2D eigenvalue weighted by Crippen LogP contribution is -2.71. The average Bonchev–Trinajstić information content (AvgIpc) is 3.47. The number of nitrogens with one attached hydrogen (secondary N) is 2. The molecule has 1 fully saturated rings. The SMILES string of the molecule is O=C(Cn1cnnn1)NC1C(=O)N2C(C(=O)O)=C(C(CCS(=O)(=O)O)Sc3nnn[nH]3)CS[C@@H]12. The van der Waals surface area contributed by atoms with Gasteiger partial charge in [0.2, 0.25) is 11.1 Å². The van der Waals surface area contributed by atoms with E-state index in [1.54, 1.807) is 0 Å². The van der Waals surface area contributed by atoms with Crippen molar-refractivity contribution in [3.63, 3.8) is 0 Å². The van der Waals surface area contributed by atoms with Gasteiger partial charge in [-0.15, -0.1) is 22.0 Å². The molecule has 2 unspecified atom stereocenters. The van der Waals surface area contributed by atoms with E-state index in [0.717, 1.165) is 16.7 Å². The molecule has 2 aromatic heterocycles. The van der Waals surface area contributed by atoms with Crippen LogP contribution in [0.25, 0.3) is 0 Å². The molecule has 1 saturated heterocycles. The number of aliphatic carboxylic acids is 1. The van der Waals surface area contributed by atoms with Crippen molar-refractivity contribution in [2.45, 2.75) is 34.8 Å². The van der Waals surface area contributed by atoms with Crippen LogP contribution in [0.4, 0.5) is 0 Å². The largest absolute Gasteiger partial charge is 0.477 e. The van der Waals surface area contributed by atoms with Crippen molar-refractivity contribution in [3.05, 3.63) is 17.6 Å². The Morgan fingerprint density at radius 1 is 1.38 bits per heavy atom. The maximum Gasteiger partial charge on any atom is 0.352 e. The summed E-state index contributed by atoms with van der Waals surface area (Å²) in [6, 6.07) is -0.952. The predicted octanol–water partition coefficient (Wildman–Crippen LogP) is -2.64. The van der Waals surface area contributed by atoms with E-state index >= 15 is 0 Å². The van der Waals surface area contributed by atoms with Gasteiger partial charge in [0.25, 0.3) is 16.0 Å². The Labute approximate surface area is 198 Å². The second-order valence-electron chi connectivity index (χ2n) is 7.03. The van der Waals surface area contributed by atoms with Crippen LogP contribution >= 0.6 is 23.5 Å². The van der Waals surface area contributed by atoms with Gasteiger partial charge < -0.3 is 10.4 Å². The number of H-pyrrole nitrogens is 1. The van der Waals surface area contributed by atoms with Crippen LogP contribution < -0.4 is 5.32 Å². The number of tetrazole rings is 2. The number of carbonyl (C=O) groups excluding carboxylic acids is 2. The zero-order valence-electron chi connectivity index (χ0n) is 16.9. The van der Waals surface area contributed by atoms with Crippen molar-refractivity contribution in [1.82, 2.24) is 51.0 Å². The van der Waals surface area contributed by atoms with Gasteiger partial charge in [-0.2, -0.15) is 8.42 Å². The second-order valence-corrected chi connectivity index (χ2v) is 10.9. The standard InChI is InChI=1S/C14H16N10O7S3/c25-8(3-23-5-15-19-22-23)16-9-11(26)24-10(13(27)28)6(4-32-12(9)24)7(1-2-34(29,30)31)33-14-17-20-21-18-14/h5,7,9,12H,1-4H2,(H,16,25)(H,27,28)(H,29,30,31)(H,17,18,20,21)/t7?,9?,12-/m0/s1. The van der Waals surface area contributed by atoms with Crippen LogP contribution in [0.1, 0.15) is 6.42 Å². The molecule has 4 N–H and O–H groups in total. The Hall–Kier alpha value is -3.10. The van der Waals surface area contributed by atoms with E-state index in [9.17, 15) is 32.5 Å². The fourth-order valence-corrected chi connectivity index (χ4v) is 6.64. The first-order valence-electron chi connectivity index (χ1n) is 9.40. The molecule has 4 rings (SSSR count). The van der Waals surface area contributed by atoms with Crippen molar-refractivity contribution in [3.8, 4) is 0 Å². The van der Waals surface area contributed by atoms with Gasteiger partial charge in [-0.1, -0.05) is 11.8 Å². The number of β-lactam (4-membered cyclic amide) rings is 1. The molecular weight excluding hydrogens is 516 g/mol. The van der Waals surface area contributed by atoms with Crippen LogP contribution in [-0.4, -0.2) is 110 Å². The van der Waals surface area contributed by atoms with Crippen LogP contribution in [0.2, 0.25) is 0 Å². The number of amides is 2. The molecule has 0 radical (unpaired) electrons. The van der Waals surface area contributed by atoms with Gasteiger partial charge in [-0.25, -0.2) is 14.6 Å². The highest BCUT2D eigenvalue weighted by Gasteiger charge is 2.54. The molecule has 0 aliphatic carbocycles. The van der Waals surface area contributed by atoms with Gasteiger partial charge in [-0.05, 0) is 32.8 Å². The smallest absolute Gasteiger partial charge is 0.352 e. The number of carbonyl (C=O) groups is 3. The molecule has 0 saturated carbocycles. The number of carboxylic acids is 1. The monoisotopic (exact) mass is 532 g/mol. The molecule has 0 spiro atoms. The molecule has 0 aromatic carbocycles. The first-order valence-corrected chi connectivity index (χ1v) is 12.9.